The lowest BCUT2D eigenvalue weighted by molar-refractivity contribution is -0.122. The number of nitrogens with one attached hydrogen (secondary N) is 2. The Bertz CT molecular complexity index is 1380. The molecule has 3 heterocycles. The van der Waals surface area contributed by atoms with Gasteiger partial charge in [-0.3, -0.25) is 9.59 Å². The van der Waals surface area contributed by atoms with Gasteiger partial charge in [0.15, 0.2) is 0 Å². The Labute approximate surface area is 237 Å². The van der Waals surface area contributed by atoms with Crippen molar-refractivity contribution in [1.29, 1.82) is 0 Å². The first-order valence-corrected chi connectivity index (χ1v) is 13.6. The number of carbonyl (C=O) groups excluding carboxylic acids is 2. The Morgan fingerprint density at radius 3 is 2.85 bits per heavy atom. The fourth-order valence-electron chi connectivity index (χ4n) is 5.01. The number of fused-ring (bicyclic) bond motifs is 1. The summed E-state index contributed by atoms with van der Waals surface area (Å²) in [5.41, 5.74) is 4.24. The first-order valence-electron chi connectivity index (χ1n) is 13.2. The Hall–Kier alpha value is -3.57. The number of amides is 2. The number of nitrogens with zero attached hydrogens (tertiary/aromatic N) is 3. The molecule has 2 aliphatic heterocycles. The van der Waals surface area contributed by atoms with Gasteiger partial charge in [-0.2, -0.15) is 0 Å². The third-order valence-electron chi connectivity index (χ3n) is 7.08. The topological polar surface area (TPSA) is 126 Å². The highest BCUT2D eigenvalue weighted by atomic mass is 35.5. The third kappa shape index (κ3) is 6.42. The molecule has 0 bridgehead atoms. The number of aliphatic hydroxyl groups is 1. The van der Waals surface area contributed by atoms with E-state index >= 15 is 0 Å². The van der Waals surface area contributed by atoms with E-state index in [2.05, 4.69) is 20.6 Å². The molecular weight excluding hydrogens is 534 g/mol. The lowest BCUT2D eigenvalue weighted by Gasteiger charge is -2.23. The molecule has 1 aromatic heterocycles. The Balaban J connectivity index is 1.26. The summed E-state index contributed by atoms with van der Waals surface area (Å²) in [5, 5.41) is 16.5. The van der Waals surface area contributed by atoms with Crippen molar-refractivity contribution in [3.05, 3.63) is 75.9 Å². The Morgan fingerprint density at radius 2 is 2.08 bits per heavy atom. The minimum Gasteiger partial charge on any atom is -0.394 e. The highest BCUT2D eigenvalue weighted by Crippen LogP contribution is 2.31. The van der Waals surface area contributed by atoms with Crippen molar-refractivity contribution in [3.63, 3.8) is 0 Å². The molecule has 210 valence electrons. The van der Waals surface area contributed by atoms with Gasteiger partial charge in [0, 0.05) is 44.0 Å². The third-order valence-corrected chi connectivity index (χ3v) is 7.35. The second-order valence-corrected chi connectivity index (χ2v) is 10.3. The van der Waals surface area contributed by atoms with Gasteiger partial charge < -0.3 is 30.1 Å². The summed E-state index contributed by atoms with van der Waals surface area (Å²) in [6.45, 7) is 1.72. The molecule has 0 radical (unpaired) electrons. The summed E-state index contributed by atoms with van der Waals surface area (Å²) >= 11 is 6.45. The van der Waals surface area contributed by atoms with Crippen LogP contribution in [-0.2, 0) is 27.4 Å². The lowest BCUT2D eigenvalue weighted by Crippen LogP contribution is -2.40. The fourth-order valence-corrected chi connectivity index (χ4v) is 5.21. The number of hydrogen-bond acceptors (Lipinski definition) is 8. The van der Waals surface area contributed by atoms with Crippen molar-refractivity contribution in [2.24, 2.45) is 0 Å². The van der Waals surface area contributed by atoms with E-state index in [1.165, 1.54) is 4.90 Å². The van der Waals surface area contributed by atoms with Crippen LogP contribution in [0, 0.1) is 0 Å². The van der Waals surface area contributed by atoms with Crippen LogP contribution in [0.5, 0.6) is 0 Å². The number of ether oxygens (including phenoxy) is 2. The van der Waals surface area contributed by atoms with Crippen molar-refractivity contribution < 1.29 is 24.2 Å². The highest BCUT2D eigenvalue weighted by molar-refractivity contribution is 6.33. The summed E-state index contributed by atoms with van der Waals surface area (Å²) in [5.74, 6) is -0.136. The van der Waals surface area contributed by atoms with E-state index in [0.717, 1.165) is 29.5 Å². The molecule has 5 rings (SSSR count). The van der Waals surface area contributed by atoms with Crippen LogP contribution in [0.1, 0.15) is 45.9 Å². The van der Waals surface area contributed by atoms with E-state index in [4.69, 9.17) is 21.1 Å². The summed E-state index contributed by atoms with van der Waals surface area (Å²) in [7, 11) is 1.61. The molecule has 0 spiro atoms. The number of aromatic nitrogens is 2. The second-order valence-electron chi connectivity index (χ2n) is 9.94. The SMILES string of the molecule is COCc1cccc([C@@H](CO)NC(=O)CN2Cc3ccc(-c4nc(NC5CCOCC5)ncc4Cl)cc3C2=O)c1. The number of halogens is 1. The van der Waals surface area contributed by atoms with Crippen molar-refractivity contribution in [2.75, 3.05) is 38.8 Å². The van der Waals surface area contributed by atoms with Crippen molar-refractivity contribution in [2.45, 2.75) is 38.1 Å². The molecular formula is C29H32ClN5O5. The van der Waals surface area contributed by atoms with E-state index in [1.807, 2.05) is 36.4 Å². The number of methoxy groups -OCH3 is 1. The predicted molar refractivity (Wildman–Crippen MR) is 150 cm³/mol. The van der Waals surface area contributed by atoms with Gasteiger partial charge in [-0.1, -0.05) is 48.0 Å². The molecule has 11 heteroatoms. The van der Waals surface area contributed by atoms with Crippen molar-refractivity contribution in [3.8, 4) is 11.3 Å². The quantitative estimate of drug-likeness (QED) is 0.342. The monoisotopic (exact) mass is 565 g/mol. The number of rotatable bonds is 10. The van der Waals surface area contributed by atoms with Crippen LogP contribution in [0.15, 0.2) is 48.7 Å². The molecule has 0 saturated carbocycles. The van der Waals surface area contributed by atoms with Crippen LogP contribution in [0.2, 0.25) is 5.02 Å². The van der Waals surface area contributed by atoms with Crippen LogP contribution in [0.4, 0.5) is 5.95 Å². The van der Waals surface area contributed by atoms with Gasteiger partial charge in [-0.05, 0) is 35.6 Å². The van der Waals surface area contributed by atoms with Crippen molar-refractivity contribution in [1.82, 2.24) is 20.2 Å². The van der Waals surface area contributed by atoms with Gasteiger partial charge in [-0.15, -0.1) is 0 Å². The van der Waals surface area contributed by atoms with Crippen LogP contribution in [0.25, 0.3) is 11.3 Å². The molecule has 3 aromatic rings. The fraction of sp³-hybridized carbons (Fsp3) is 0.379. The molecule has 1 saturated heterocycles. The zero-order chi connectivity index (χ0) is 28.1. The second kappa shape index (κ2) is 12.7. The van der Waals surface area contributed by atoms with Gasteiger partial charge in [0.25, 0.3) is 5.91 Å². The molecule has 0 aliphatic carbocycles. The Morgan fingerprint density at radius 1 is 1.25 bits per heavy atom. The van der Waals surface area contributed by atoms with E-state index in [-0.39, 0.29) is 31.0 Å². The maximum absolute atomic E-state index is 13.3. The van der Waals surface area contributed by atoms with E-state index in [0.29, 0.717) is 54.2 Å². The van der Waals surface area contributed by atoms with Gasteiger partial charge in [0.05, 0.1) is 36.2 Å². The summed E-state index contributed by atoms with van der Waals surface area (Å²) in [6, 6.07) is 12.6. The Kier molecular flexibility index (Phi) is 8.91. The largest absolute Gasteiger partial charge is 0.394 e. The molecule has 2 aromatic carbocycles. The number of carbonyl (C=O) groups is 2. The molecule has 10 nitrogen and oxygen atoms in total. The molecule has 3 N–H and O–H groups in total. The van der Waals surface area contributed by atoms with Crippen LogP contribution in [0.3, 0.4) is 0 Å². The number of aliphatic hydroxyl groups excluding tert-OH is 1. The van der Waals surface area contributed by atoms with E-state index in [1.54, 1.807) is 19.4 Å². The smallest absolute Gasteiger partial charge is 0.254 e. The average molecular weight is 566 g/mol. The zero-order valence-electron chi connectivity index (χ0n) is 22.2. The maximum atomic E-state index is 13.3. The predicted octanol–water partition coefficient (Wildman–Crippen LogP) is 3.34. The van der Waals surface area contributed by atoms with Gasteiger partial charge in [-0.25, -0.2) is 9.97 Å². The zero-order valence-corrected chi connectivity index (χ0v) is 23.0. The highest BCUT2D eigenvalue weighted by Gasteiger charge is 2.30. The number of benzene rings is 2. The molecule has 2 aliphatic rings. The lowest BCUT2D eigenvalue weighted by atomic mass is 10.0. The van der Waals surface area contributed by atoms with Crippen LogP contribution >= 0.6 is 11.6 Å². The van der Waals surface area contributed by atoms with Crippen LogP contribution in [-0.4, -0.2) is 71.3 Å². The molecule has 1 atom stereocenters. The molecule has 0 unspecified atom stereocenters. The summed E-state index contributed by atoms with van der Waals surface area (Å²) < 4.78 is 10.6. The van der Waals surface area contributed by atoms with E-state index < -0.39 is 6.04 Å². The van der Waals surface area contributed by atoms with Gasteiger partial charge in [0.2, 0.25) is 11.9 Å². The van der Waals surface area contributed by atoms with Gasteiger partial charge >= 0.3 is 0 Å². The average Bonchev–Trinajstić information content (AvgIpc) is 3.27. The van der Waals surface area contributed by atoms with Crippen molar-refractivity contribution >= 4 is 29.4 Å². The minimum absolute atomic E-state index is 0.134. The maximum Gasteiger partial charge on any atom is 0.254 e. The molecule has 1 fully saturated rings. The summed E-state index contributed by atoms with van der Waals surface area (Å²) in [6.07, 6.45) is 3.30. The standard InChI is InChI=1S/C29H32ClN5O5/c1-39-17-18-3-2-4-19(11-18)25(16-36)33-26(37)15-35-14-21-6-5-20(12-23(21)28(35)38)27-24(30)13-31-29(34-27)32-22-7-9-40-10-8-22/h2-6,11-13,22,25,36H,7-10,14-17H2,1H3,(H,33,37)(H,31,32,34)/t25-/m1/s1. The normalized spacial score (nSPS) is 16.1. The minimum atomic E-state index is -0.597. The van der Waals surface area contributed by atoms with Crippen LogP contribution < -0.4 is 10.6 Å². The molecule has 2 amide bonds. The van der Waals surface area contributed by atoms with Gasteiger partial charge in [0.1, 0.15) is 6.54 Å². The first-order chi connectivity index (χ1) is 19.4. The number of anilines is 1. The number of hydrogen-bond donors (Lipinski definition) is 3. The molecule has 40 heavy (non-hydrogen) atoms. The summed E-state index contributed by atoms with van der Waals surface area (Å²) in [4.78, 5) is 36.6. The van der Waals surface area contributed by atoms with E-state index in [9.17, 15) is 14.7 Å². The first kappa shape index (κ1) is 28.0.